The van der Waals surface area contributed by atoms with Crippen LogP contribution in [0.15, 0.2) is 36.4 Å². The van der Waals surface area contributed by atoms with Crippen LogP contribution < -0.4 is 15.6 Å². The van der Waals surface area contributed by atoms with Gasteiger partial charge < -0.3 is 4.74 Å². The standard InChI is InChI=1S/C20H23ClN2O3/c1-13-6-4-7-17(15(13)3)20(25)23-22-19(24)8-5-11-26-18-10-9-16(21)12-14(18)2/h4,6-7,9-10,12H,5,8,11H2,1-3H3,(H,22,24)(H,23,25). The van der Waals surface area contributed by atoms with Gasteiger partial charge in [0.2, 0.25) is 5.91 Å². The van der Waals surface area contributed by atoms with Gasteiger partial charge in [0.05, 0.1) is 6.61 Å². The van der Waals surface area contributed by atoms with Gasteiger partial charge in [0, 0.05) is 17.0 Å². The van der Waals surface area contributed by atoms with Crippen LogP contribution in [0.25, 0.3) is 0 Å². The van der Waals surface area contributed by atoms with Gasteiger partial charge >= 0.3 is 0 Å². The van der Waals surface area contributed by atoms with Crippen molar-refractivity contribution in [2.24, 2.45) is 0 Å². The number of hydrogen-bond acceptors (Lipinski definition) is 3. The van der Waals surface area contributed by atoms with E-state index in [-0.39, 0.29) is 18.2 Å². The Bertz CT molecular complexity index is 806. The second-order valence-electron chi connectivity index (χ2n) is 6.11. The quantitative estimate of drug-likeness (QED) is 0.595. The van der Waals surface area contributed by atoms with Crippen LogP contribution in [-0.2, 0) is 4.79 Å². The topological polar surface area (TPSA) is 67.4 Å². The highest BCUT2D eigenvalue weighted by molar-refractivity contribution is 6.30. The summed E-state index contributed by atoms with van der Waals surface area (Å²) in [5.74, 6) is 0.158. The molecule has 0 aliphatic rings. The van der Waals surface area contributed by atoms with E-state index in [4.69, 9.17) is 16.3 Å². The number of carbonyl (C=O) groups is 2. The number of amides is 2. The van der Waals surface area contributed by atoms with Crippen molar-refractivity contribution < 1.29 is 14.3 Å². The van der Waals surface area contributed by atoms with E-state index in [1.165, 1.54) is 0 Å². The highest BCUT2D eigenvalue weighted by Gasteiger charge is 2.11. The van der Waals surface area contributed by atoms with Crippen molar-refractivity contribution in [2.45, 2.75) is 33.6 Å². The molecule has 0 saturated carbocycles. The Morgan fingerprint density at radius 3 is 2.54 bits per heavy atom. The van der Waals surface area contributed by atoms with Crippen LogP contribution in [0.4, 0.5) is 0 Å². The number of nitrogens with one attached hydrogen (secondary N) is 2. The van der Waals surface area contributed by atoms with Crippen LogP contribution in [0.2, 0.25) is 5.02 Å². The Balaban J connectivity index is 1.72. The van der Waals surface area contributed by atoms with E-state index in [1.54, 1.807) is 12.1 Å². The normalized spacial score (nSPS) is 10.3. The number of halogens is 1. The van der Waals surface area contributed by atoms with Gasteiger partial charge in [0.15, 0.2) is 0 Å². The molecule has 0 bridgehead atoms. The minimum Gasteiger partial charge on any atom is -0.493 e. The number of aryl methyl sites for hydroxylation is 2. The fraction of sp³-hybridized carbons (Fsp3) is 0.300. The molecule has 0 aromatic heterocycles. The van der Waals surface area contributed by atoms with Gasteiger partial charge in [-0.1, -0.05) is 23.7 Å². The third kappa shape index (κ3) is 5.49. The van der Waals surface area contributed by atoms with Crippen LogP contribution >= 0.6 is 11.6 Å². The number of hydrazine groups is 1. The van der Waals surface area contributed by atoms with Crippen molar-refractivity contribution in [3.05, 3.63) is 63.7 Å². The first-order valence-electron chi connectivity index (χ1n) is 8.43. The van der Waals surface area contributed by atoms with Gasteiger partial charge in [-0.2, -0.15) is 0 Å². The summed E-state index contributed by atoms with van der Waals surface area (Å²) in [5, 5.41) is 0.661. The molecule has 0 heterocycles. The van der Waals surface area contributed by atoms with Gasteiger partial charge in [-0.25, -0.2) is 0 Å². The SMILES string of the molecule is Cc1cc(Cl)ccc1OCCCC(=O)NNC(=O)c1cccc(C)c1C. The average molecular weight is 375 g/mol. The van der Waals surface area contributed by atoms with Crippen molar-refractivity contribution in [1.82, 2.24) is 10.9 Å². The van der Waals surface area contributed by atoms with Gasteiger partial charge in [0.1, 0.15) is 5.75 Å². The molecule has 2 aromatic carbocycles. The third-order valence-corrected chi connectivity index (χ3v) is 4.34. The molecule has 0 aliphatic heterocycles. The third-order valence-electron chi connectivity index (χ3n) is 4.11. The lowest BCUT2D eigenvalue weighted by Gasteiger charge is -2.11. The summed E-state index contributed by atoms with van der Waals surface area (Å²) in [6.07, 6.45) is 0.785. The molecule has 138 valence electrons. The molecule has 0 saturated heterocycles. The van der Waals surface area contributed by atoms with Crippen LogP contribution in [-0.4, -0.2) is 18.4 Å². The zero-order valence-electron chi connectivity index (χ0n) is 15.2. The van der Waals surface area contributed by atoms with E-state index in [0.29, 0.717) is 23.6 Å². The summed E-state index contributed by atoms with van der Waals surface area (Å²) in [4.78, 5) is 24.0. The van der Waals surface area contributed by atoms with E-state index in [1.807, 2.05) is 45.0 Å². The molecular formula is C20H23ClN2O3. The molecule has 0 fully saturated rings. The molecule has 2 aromatic rings. The van der Waals surface area contributed by atoms with E-state index in [9.17, 15) is 9.59 Å². The Kier molecular flexibility index (Phi) is 7.04. The predicted molar refractivity (Wildman–Crippen MR) is 102 cm³/mol. The molecule has 2 rings (SSSR count). The lowest BCUT2D eigenvalue weighted by atomic mass is 10.0. The maximum Gasteiger partial charge on any atom is 0.269 e. The van der Waals surface area contributed by atoms with Crippen molar-refractivity contribution >= 4 is 23.4 Å². The van der Waals surface area contributed by atoms with Gasteiger partial charge in [-0.15, -0.1) is 0 Å². The Morgan fingerprint density at radius 2 is 1.81 bits per heavy atom. The Morgan fingerprint density at radius 1 is 1.04 bits per heavy atom. The summed E-state index contributed by atoms with van der Waals surface area (Å²) in [7, 11) is 0. The Labute approximate surface area is 158 Å². The first-order chi connectivity index (χ1) is 12.4. The number of carbonyl (C=O) groups excluding carboxylic acids is 2. The highest BCUT2D eigenvalue weighted by Crippen LogP contribution is 2.21. The van der Waals surface area contributed by atoms with Crippen LogP contribution in [0.1, 0.15) is 39.9 Å². The summed E-state index contributed by atoms with van der Waals surface area (Å²) in [6.45, 7) is 6.13. The fourth-order valence-corrected chi connectivity index (χ4v) is 2.67. The summed E-state index contributed by atoms with van der Waals surface area (Å²) in [6, 6.07) is 10.9. The first-order valence-corrected chi connectivity index (χ1v) is 8.80. The first kappa shape index (κ1) is 19.8. The molecule has 0 aliphatic carbocycles. The molecular weight excluding hydrogens is 352 g/mol. The highest BCUT2D eigenvalue weighted by atomic mass is 35.5. The van der Waals surface area contributed by atoms with E-state index >= 15 is 0 Å². The van der Waals surface area contributed by atoms with Crippen LogP contribution in [0.3, 0.4) is 0 Å². The van der Waals surface area contributed by atoms with Crippen LogP contribution in [0.5, 0.6) is 5.75 Å². The van der Waals surface area contributed by atoms with Crippen molar-refractivity contribution in [2.75, 3.05) is 6.61 Å². The van der Waals surface area contributed by atoms with E-state index in [2.05, 4.69) is 10.9 Å². The smallest absolute Gasteiger partial charge is 0.269 e. The number of hydrogen-bond donors (Lipinski definition) is 2. The number of rotatable bonds is 6. The maximum atomic E-state index is 12.1. The second-order valence-corrected chi connectivity index (χ2v) is 6.55. The molecule has 0 radical (unpaired) electrons. The molecule has 6 heteroatoms. The summed E-state index contributed by atoms with van der Waals surface area (Å²) < 4.78 is 5.64. The molecule has 5 nitrogen and oxygen atoms in total. The van der Waals surface area contributed by atoms with Gasteiger partial charge in [-0.3, -0.25) is 20.4 Å². The Hall–Kier alpha value is -2.53. The molecule has 0 atom stereocenters. The van der Waals surface area contributed by atoms with Gasteiger partial charge in [-0.05, 0) is 68.1 Å². The molecule has 2 amide bonds. The molecule has 0 unspecified atom stereocenters. The maximum absolute atomic E-state index is 12.1. The lowest BCUT2D eigenvalue weighted by Crippen LogP contribution is -2.41. The van der Waals surface area contributed by atoms with E-state index < -0.39 is 0 Å². The van der Waals surface area contributed by atoms with Crippen molar-refractivity contribution in [1.29, 1.82) is 0 Å². The number of ether oxygens (including phenoxy) is 1. The van der Waals surface area contributed by atoms with E-state index in [0.717, 1.165) is 22.4 Å². The minimum atomic E-state index is -0.326. The largest absolute Gasteiger partial charge is 0.493 e. The summed E-state index contributed by atoms with van der Waals surface area (Å²) >= 11 is 5.90. The van der Waals surface area contributed by atoms with Crippen molar-refractivity contribution in [3.8, 4) is 5.75 Å². The molecule has 26 heavy (non-hydrogen) atoms. The predicted octanol–water partition coefficient (Wildman–Crippen LogP) is 3.89. The van der Waals surface area contributed by atoms with Crippen molar-refractivity contribution in [3.63, 3.8) is 0 Å². The van der Waals surface area contributed by atoms with Crippen LogP contribution in [0, 0.1) is 20.8 Å². The zero-order valence-corrected chi connectivity index (χ0v) is 15.9. The molecule has 2 N–H and O–H groups in total. The number of benzene rings is 2. The minimum absolute atomic E-state index is 0.250. The fourth-order valence-electron chi connectivity index (χ4n) is 2.44. The molecule has 0 spiro atoms. The second kappa shape index (κ2) is 9.25. The lowest BCUT2D eigenvalue weighted by molar-refractivity contribution is -0.122. The van der Waals surface area contributed by atoms with Gasteiger partial charge in [0.25, 0.3) is 5.91 Å². The zero-order chi connectivity index (χ0) is 19.1. The monoisotopic (exact) mass is 374 g/mol. The average Bonchev–Trinajstić information content (AvgIpc) is 2.60. The summed E-state index contributed by atoms with van der Waals surface area (Å²) in [5.41, 5.74) is 8.30.